The third kappa shape index (κ3) is 4.12. The van der Waals surface area contributed by atoms with Crippen LogP contribution in [0.15, 0.2) is 36.5 Å². The highest BCUT2D eigenvalue weighted by atomic mass is 35.5. The fourth-order valence-electron chi connectivity index (χ4n) is 1.86. The molecule has 0 aliphatic carbocycles. The van der Waals surface area contributed by atoms with Gasteiger partial charge in [0.2, 0.25) is 0 Å². The van der Waals surface area contributed by atoms with Crippen LogP contribution < -0.4 is 10.1 Å². The van der Waals surface area contributed by atoms with E-state index in [1.807, 2.05) is 26.0 Å². The molecule has 1 atom stereocenters. The fraction of sp³-hybridized carbons (Fsp3) is 0.250. The normalized spacial score (nSPS) is 11.8. The van der Waals surface area contributed by atoms with Gasteiger partial charge >= 0.3 is 0 Å². The van der Waals surface area contributed by atoms with Crippen molar-refractivity contribution in [1.82, 2.24) is 4.98 Å². The number of nitrogens with zero attached hydrogens (tertiary/aromatic N) is 1. The Morgan fingerprint density at radius 1 is 1.36 bits per heavy atom. The molecule has 2 rings (SSSR count). The summed E-state index contributed by atoms with van der Waals surface area (Å²) in [6.45, 7) is 3.73. The van der Waals surface area contributed by atoms with Crippen molar-refractivity contribution in [2.75, 3.05) is 5.32 Å². The van der Waals surface area contributed by atoms with Gasteiger partial charge in [-0.1, -0.05) is 36.2 Å². The number of hydrogen-bond donors (Lipinski definition) is 1. The Hall–Kier alpha value is -1.78. The second-order valence-electron chi connectivity index (χ2n) is 4.75. The van der Waals surface area contributed by atoms with E-state index in [0.717, 1.165) is 5.56 Å². The van der Waals surface area contributed by atoms with Gasteiger partial charge in [-0.3, -0.25) is 4.79 Å². The Kier molecular flexibility index (Phi) is 5.63. The predicted molar refractivity (Wildman–Crippen MR) is 88.8 cm³/mol. The van der Waals surface area contributed by atoms with Crippen molar-refractivity contribution in [2.24, 2.45) is 0 Å². The van der Waals surface area contributed by atoms with E-state index in [1.165, 1.54) is 0 Å². The minimum absolute atomic E-state index is 0.277. The maximum atomic E-state index is 12.3. The van der Waals surface area contributed by atoms with Crippen LogP contribution in [0.5, 0.6) is 5.75 Å². The van der Waals surface area contributed by atoms with Gasteiger partial charge in [-0.15, -0.1) is 0 Å². The van der Waals surface area contributed by atoms with Crippen molar-refractivity contribution in [3.8, 4) is 5.75 Å². The molecule has 22 heavy (non-hydrogen) atoms. The molecule has 116 valence electrons. The number of anilines is 1. The summed E-state index contributed by atoms with van der Waals surface area (Å²) in [5.74, 6) is 0.626. The van der Waals surface area contributed by atoms with E-state index >= 15 is 0 Å². The van der Waals surface area contributed by atoms with Gasteiger partial charge in [-0.2, -0.15) is 0 Å². The number of nitrogens with one attached hydrogen (secondary N) is 1. The Labute approximate surface area is 139 Å². The maximum absolute atomic E-state index is 12.3. The highest BCUT2D eigenvalue weighted by Gasteiger charge is 2.20. The molecule has 1 N–H and O–H groups in total. The van der Waals surface area contributed by atoms with Crippen LogP contribution in [-0.2, 0) is 4.79 Å². The second kappa shape index (κ2) is 7.47. The molecule has 0 saturated carbocycles. The van der Waals surface area contributed by atoms with Gasteiger partial charge in [0.05, 0.1) is 5.02 Å². The summed E-state index contributed by atoms with van der Waals surface area (Å²) in [4.78, 5) is 16.5. The van der Waals surface area contributed by atoms with Crippen LogP contribution in [-0.4, -0.2) is 17.0 Å². The van der Waals surface area contributed by atoms with E-state index in [1.54, 1.807) is 24.4 Å². The second-order valence-corrected chi connectivity index (χ2v) is 5.59. The summed E-state index contributed by atoms with van der Waals surface area (Å²) in [6.07, 6.45) is 1.43. The van der Waals surface area contributed by atoms with E-state index in [4.69, 9.17) is 27.9 Å². The lowest BCUT2D eigenvalue weighted by Crippen LogP contribution is -2.33. The maximum Gasteiger partial charge on any atom is 0.266 e. The summed E-state index contributed by atoms with van der Waals surface area (Å²) < 4.78 is 5.69. The van der Waals surface area contributed by atoms with E-state index in [-0.39, 0.29) is 5.91 Å². The van der Waals surface area contributed by atoms with Crippen molar-refractivity contribution in [1.29, 1.82) is 0 Å². The molecule has 0 aliphatic rings. The number of amides is 1. The monoisotopic (exact) mass is 338 g/mol. The third-order valence-corrected chi connectivity index (χ3v) is 3.62. The average Bonchev–Trinajstić information content (AvgIpc) is 2.50. The molecule has 1 amide bonds. The van der Waals surface area contributed by atoms with E-state index < -0.39 is 6.10 Å². The van der Waals surface area contributed by atoms with Crippen LogP contribution in [0.2, 0.25) is 10.0 Å². The van der Waals surface area contributed by atoms with Gasteiger partial charge < -0.3 is 10.1 Å². The van der Waals surface area contributed by atoms with Crippen LogP contribution in [0.4, 0.5) is 5.82 Å². The SMILES string of the molecule is CCC(Oc1cc(Cl)ccc1Cl)C(=O)Nc1ncccc1C. The van der Waals surface area contributed by atoms with Gasteiger partial charge in [-0.05, 0) is 37.1 Å². The molecule has 0 fully saturated rings. The molecular weight excluding hydrogens is 323 g/mol. The number of aryl methyl sites for hydroxylation is 1. The minimum Gasteiger partial charge on any atom is -0.479 e. The molecule has 2 aromatic rings. The number of pyridine rings is 1. The van der Waals surface area contributed by atoms with Gasteiger partial charge in [-0.25, -0.2) is 4.98 Å². The first-order chi connectivity index (χ1) is 10.5. The van der Waals surface area contributed by atoms with E-state index in [9.17, 15) is 4.79 Å². The number of aromatic nitrogens is 1. The molecule has 0 bridgehead atoms. The molecule has 1 aromatic heterocycles. The average molecular weight is 339 g/mol. The lowest BCUT2D eigenvalue weighted by atomic mass is 10.2. The molecule has 1 aromatic carbocycles. The largest absolute Gasteiger partial charge is 0.479 e. The number of benzene rings is 1. The van der Waals surface area contributed by atoms with Crippen molar-refractivity contribution in [3.05, 3.63) is 52.1 Å². The summed E-state index contributed by atoms with van der Waals surface area (Å²) in [5, 5.41) is 3.67. The highest BCUT2D eigenvalue weighted by Crippen LogP contribution is 2.29. The van der Waals surface area contributed by atoms with E-state index in [0.29, 0.717) is 28.0 Å². The lowest BCUT2D eigenvalue weighted by Gasteiger charge is -2.18. The standard InChI is InChI=1S/C16H16Cl2N2O2/c1-3-13(22-14-9-11(17)6-7-12(14)18)16(21)20-15-10(2)5-4-8-19-15/h4-9,13H,3H2,1-2H3,(H,19,20,21). The first-order valence-corrected chi connectivity index (χ1v) is 7.61. The number of ether oxygens (including phenoxy) is 1. The molecule has 0 radical (unpaired) electrons. The zero-order valence-corrected chi connectivity index (χ0v) is 13.8. The number of rotatable bonds is 5. The van der Waals surface area contributed by atoms with Crippen LogP contribution in [0.1, 0.15) is 18.9 Å². The van der Waals surface area contributed by atoms with Gasteiger partial charge in [0.25, 0.3) is 5.91 Å². The van der Waals surface area contributed by atoms with Crippen LogP contribution in [0.25, 0.3) is 0 Å². The summed E-state index contributed by atoms with van der Waals surface area (Å²) in [7, 11) is 0. The third-order valence-electron chi connectivity index (χ3n) is 3.08. The van der Waals surface area contributed by atoms with Gasteiger partial charge in [0.1, 0.15) is 11.6 Å². The molecule has 0 saturated heterocycles. The smallest absolute Gasteiger partial charge is 0.266 e. The van der Waals surface area contributed by atoms with Gasteiger partial charge in [0, 0.05) is 17.3 Å². The van der Waals surface area contributed by atoms with E-state index in [2.05, 4.69) is 10.3 Å². The van der Waals surface area contributed by atoms with Crippen LogP contribution in [0.3, 0.4) is 0 Å². The van der Waals surface area contributed by atoms with Crippen LogP contribution >= 0.6 is 23.2 Å². The lowest BCUT2D eigenvalue weighted by molar-refractivity contribution is -0.122. The zero-order valence-electron chi connectivity index (χ0n) is 12.3. The van der Waals surface area contributed by atoms with Crippen molar-refractivity contribution < 1.29 is 9.53 Å². The highest BCUT2D eigenvalue weighted by molar-refractivity contribution is 6.34. The summed E-state index contributed by atoms with van der Waals surface area (Å²) in [6, 6.07) is 8.57. The predicted octanol–water partition coefficient (Wildman–Crippen LogP) is 4.49. The number of hydrogen-bond acceptors (Lipinski definition) is 3. The van der Waals surface area contributed by atoms with Crippen molar-refractivity contribution in [3.63, 3.8) is 0 Å². The number of carbonyl (C=O) groups is 1. The first kappa shape index (κ1) is 16.6. The topological polar surface area (TPSA) is 51.2 Å². The Morgan fingerprint density at radius 2 is 2.14 bits per heavy atom. The van der Waals surface area contributed by atoms with Crippen LogP contribution in [0, 0.1) is 6.92 Å². The fourth-order valence-corrected chi connectivity index (χ4v) is 2.18. The molecule has 1 heterocycles. The summed E-state index contributed by atoms with van der Waals surface area (Å²) in [5.41, 5.74) is 0.881. The molecular formula is C16H16Cl2N2O2. The minimum atomic E-state index is -0.683. The van der Waals surface area contributed by atoms with Crippen molar-refractivity contribution in [2.45, 2.75) is 26.4 Å². The molecule has 0 spiro atoms. The summed E-state index contributed by atoms with van der Waals surface area (Å²) >= 11 is 12.0. The number of halogens is 2. The quantitative estimate of drug-likeness (QED) is 0.873. The molecule has 4 nitrogen and oxygen atoms in total. The Balaban J connectivity index is 2.12. The Bertz CT molecular complexity index is 677. The van der Waals surface area contributed by atoms with Crippen molar-refractivity contribution >= 4 is 34.9 Å². The molecule has 6 heteroatoms. The molecule has 1 unspecified atom stereocenters. The Morgan fingerprint density at radius 3 is 2.82 bits per heavy atom. The zero-order chi connectivity index (χ0) is 16.1. The molecule has 0 aliphatic heterocycles. The van der Waals surface area contributed by atoms with Gasteiger partial charge in [0.15, 0.2) is 6.10 Å². The number of carbonyl (C=O) groups excluding carboxylic acids is 1. The first-order valence-electron chi connectivity index (χ1n) is 6.85.